The molecule has 0 unspecified atom stereocenters. The average molecular weight is 323 g/mol. The number of hydrogen-bond acceptors (Lipinski definition) is 2. The third-order valence-electron chi connectivity index (χ3n) is 2.72. The summed E-state index contributed by atoms with van der Waals surface area (Å²) in [6, 6.07) is 3.93. The van der Waals surface area contributed by atoms with E-state index in [1.807, 2.05) is 6.92 Å². The fourth-order valence-corrected chi connectivity index (χ4v) is 2.27. The number of halogens is 5. The normalized spacial score (nSPS) is 11.9. The van der Waals surface area contributed by atoms with Gasteiger partial charge in [0.15, 0.2) is 0 Å². The van der Waals surface area contributed by atoms with Crippen LogP contribution in [0.2, 0.25) is 10.0 Å². The van der Waals surface area contributed by atoms with Gasteiger partial charge in [-0.15, -0.1) is 0 Å². The van der Waals surface area contributed by atoms with E-state index < -0.39 is 11.9 Å². The summed E-state index contributed by atoms with van der Waals surface area (Å²) in [7, 11) is 0. The van der Waals surface area contributed by atoms with Crippen LogP contribution in [0.3, 0.4) is 0 Å². The van der Waals surface area contributed by atoms with Gasteiger partial charge in [-0.25, -0.2) is 4.98 Å². The molecule has 0 spiro atoms. The molecule has 2 nitrogen and oxygen atoms in total. The van der Waals surface area contributed by atoms with Crippen molar-refractivity contribution in [1.82, 2.24) is 4.98 Å². The molecule has 0 fully saturated rings. The van der Waals surface area contributed by atoms with E-state index in [1.54, 1.807) is 0 Å². The molecule has 0 aliphatic rings. The lowest BCUT2D eigenvalue weighted by Gasteiger charge is -2.14. The zero-order valence-corrected chi connectivity index (χ0v) is 12.0. The lowest BCUT2D eigenvalue weighted by Crippen LogP contribution is -2.10. The van der Waals surface area contributed by atoms with E-state index >= 15 is 0 Å². The second-order valence-corrected chi connectivity index (χ2v) is 5.05. The molecule has 1 N–H and O–H groups in total. The number of rotatable bonds is 3. The van der Waals surface area contributed by atoms with Crippen molar-refractivity contribution >= 4 is 39.8 Å². The number of fused-ring (bicyclic) bond motifs is 1. The number of pyridine rings is 1. The average Bonchev–Trinajstić information content (AvgIpc) is 2.39. The Kier molecular flexibility index (Phi) is 4.30. The van der Waals surface area contributed by atoms with E-state index in [2.05, 4.69) is 10.3 Å². The van der Waals surface area contributed by atoms with Gasteiger partial charge in [-0.05, 0) is 24.6 Å². The molecule has 0 radical (unpaired) electrons. The molecule has 1 aromatic carbocycles. The first kappa shape index (κ1) is 15.2. The smallest absolute Gasteiger partial charge is 0.384 e. The predicted octanol–water partition coefficient (Wildman–Crippen LogP) is 5.38. The van der Waals surface area contributed by atoms with Crippen LogP contribution in [0.25, 0.3) is 10.9 Å². The molecule has 108 valence electrons. The molecule has 2 aromatic rings. The number of benzene rings is 1. The Labute approximate surface area is 123 Å². The zero-order valence-electron chi connectivity index (χ0n) is 10.5. The van der Waals surface area contributed by atoms with E-state index in [1.165, 1.54) is 12.1 Å². The van der Waals surface area contributed by atoms with Crippen molar-refractivity contribution in [3.8, 4) is 0 Å². The van der Waals surface area contributed by atoms with Crippen LogP contribution in [-0.2, 0) is 6.18 Å². The van der Waals surface area contributed by atoms with Gasteiger partial charge < -0.3 is 5.32 Å². The maximum absolute atomic E-state index is 12.9. The molecular formula is C13H11Cl2F3N2. The summed E-state index contributed by atoms with van der Waals surface area (Å²) in [6.45, 7) is 2.44. The first-order valence-electron chi connectivity index (χ1n) is 5.94. The number of hydrogen-bond donors (Lipinski definition) is 1. The maximum atomic E-state index is 12.9. The Morgan fingerprint density at radius 1 is 1.20 bits per heavy atom. The summed E-state index contributed by atoms with van der Waals surface area (Å²) >= 11 is 12.0. The van der Waals surface area contributed by atoms with Gasteiger partial charge in [-0.3, -0.25) is 0 Å². The summed E-state index contributed by atoms with van der Waals surface area (Å²) in [5.41, 5.74) is -0.656. The van der Waals surface area contributed by atoms with Crippen molar-refractivity contribution < 1.29 is 13.2 Å². The summed E-state index contributed by atoms with van der Waals surface area (Å²) in [6.07, 6.45) is -3.77. The van der Waals surface area contributed by atoms with Crippen molar-refractivity contribution in [2.24, 2.45) is 0 Å². The van der Waals surface area contributed by atoms with Gasteiger partial charge in [0.25, 0.3) is 0 Å². The van der Waals surface area contributed by atoms with Crippen LogP contribution < -0.4 is 5.32 Å². The van der Waals surface area contributed by atoms with Crippen LogP contribution >= 0.6 is 23.2 Å². The van der Waals surface area contributed by atoms with E-state index in [0.717, 1.165) is 12.5 Å². The second-order valence-electron chi connectivity index (χ2n) is 4.23. The van der Waals surface area contributed by atoms with E-state index in [-0.39, 0.29) is 16.2 Å². The number of nitrogens with one attached hydrogen (secondary N) is 1. The van der Waals surface area contributed by atoms with Gasteiger partial charge in [0.2, 0.25) is 0 Å². The topological polar surface area (TPSA) is 24.9 Å². The number of alkyl halides is 3. The Morgan fingerprint density at radius 3 is 2.45 bits per heavy atom. The van der Waals surface area contributed by atoms with Crippen molar-refractivity contribution in [2.45, 2.75) is 19.5 Å². The first-order valence-corrected chi connectivity index (χ1v) is 6.70. The second kappa shape index (κ2) is 5.66. The molecule has 0 atom stereocenters. The van der Waals surface area contributed by atoms with Gasteiger partial charge in [-0.1, -0.05) is 30.1 Å². The van der Waals surface area contributed by atoms with Gasteiger partial charge in [0, 0.05) is 17.6 Å². The summed E-state index contributed by atoms with van der Waals surface area (Å²) in [5, 5.41) is 3.78. The number of anilines is 1. The molecular weight excluding hydrogens is 312 g/mol. The van der Waals surface area contributed by atoms with Gasteiger partial charge in [0.1, 0.15) is 5.69 Å². The minimum atomic E-state index is -4.54. The van der Waals surface area contributed by atoms with E-state index in [0.29, 0.717) is 17.0 Å². The molecule has 0 aliphatic heterocycles. The highest BCUT2D eigenvalue weighted by atomic mass is 35.5. The predicted molar refractivity (Wildman–Crippen MR) is 75.5 cm³/mol. The highest BCUT2D eigenvalue weighted by Gasteiger charge is 2.33. The minimum absolute atomic E-state index is 0.0487. The van der Waals surface area contributed by atoms with Crippen molar-refractivity contribution in [3.05, 3.63) is 33.9 Å². The Balaban J connectivity index is 2.74. The fourth-order valence-electron chi connectivity index (χ4n) is 1.81. The molecule has 0 aliphatic carbocycles. The number of nitrogens with zero attached hydrogens (tertiary/aromatic N) is 1. The molecule has 0 bridgehead atoms. The summed E-state index contributed by atoms with van der Waals surface area (Å²) in [5.74, 6) is 0. The van der Waals surface area contributed by atoms with E-state index in [4.69, 9.17) is 23.2 Å². The van der Waals surface area contributed by atoms with Gasteiger partial charge >= 0.3 is 6.18 Å². The lowest BCUT2D eigenvalue weighted by atomic mass is 10.1. The highest BCUT2D eigenvalue weighted by Crippen LogP contribution is 2.38. The first-order chi connectivity index (χ1) is 9.34. The van der Waals surface area contributed by atoms with Crippen LogP contribution in [0.15, 0.2) is 18.2 Å². The molecule has 0 amide bonds. The van der Waals surface area contributed by atoms with Crippen LogP contribution in [0.4, 0.5) is 18.9 Å². The van der Waals surface area contributed by atoms with Crippen LogP contribution in [0.1, 0.15) is 19.0 Å². The fraction of sp³-hybridized carbons (Fsp3) is 0.308. The summed E-state index contributed by atoms with van der Waals surface area (Å²) < 4.78 is 38.7. The third kappa shape index (κ3) is 2.94. The summed E-state index contributed by atoms with van der Waals surface area (Å²) in [4.78, 5) is 3.59. The largest absolute Gasteiger partial charge is 0.433 e. The maximum Gasteiger partial charge on any atom is 0.433 e. The third-order valence-corrected chi connectivity index (χ3v) is 3.34. The Hall–Kier alpha value is -1.20. The van der Waals surface area contributed by atoms with Crippen LogP contribution in [0, 0.1) is 0 Å². The van der Waals surface area contributed by atoms with Crippen molar-refractivity contribution in [2.75, 3.05) is 11.9 Å². The lowest BCUT2D eigenvalue weighted by molar-refractivity contribution is -0.140. The molecule has 20 heavy (non-hydrogen) atoms. The van der Waals surface area contributed by atoms with Crippen molar-refractivity contribution in [1.29, 1.82) is 0 Å². The minimum Gasteiger partial charge on any atom is -0.384 e. The van der Waals surface area contributed by atoms with Crippen molar-refractivity contribution in [3.63, 3.8) is 0 Å². The highest BCUT2D eigenvalue weighted by molar-refractivity contribution is 6.40. The number of aromatic nitrogens is 1. The molecule has 0 saturated heterocycles. The molecule has 2 rings (SSSR count). The standard InChI is InChI=1S/C13H11Cl2F3N2/c1-2-5-19-9-6-10(13(16,17)18)20-12-8(15)4-3-7(14)11(9)12/h3-4,6H,2,5H2,1H3,(H,19,20). The van der Waals surface area contributed by atoms with Gasteiger partial charge in [-0.2, -0.15) is 13.2 Å². The zero-order chi connectivity index (χ0) is 14.9. The SMILES string of the molecule is CCCNc1cc(C(F)(F)F)nc2c(Cl)ccc(Cl)c12. The monoisotopic (exact) mass is 322 g/mol. The van der Waals surface area contributed by atoms with Crippen LogP contribution in [-0.4, -0.2) is 11.5 Å². The van der Waals surface area contributed by atoms with Crippen LogP contribution in [0.5, 0.6) is 0 Å². The molecule has 7 heteroatoms. The Bertz CT molecular complexity index is 642. The molecule has 0 saturated carbocycles. The molecule has 1 heterocycles. The van der Waals surface area contributed by atoms with Gasteiger partial charge in [0.05, 0.1) is 15.6 Å². The molecule has 1 aromatic heterocycles. The Morgan fingerprint density at radius 2 is 1.85 bits per heavy atom. The quantitative estimate of drug-likeness (QED) is 0.820. The van der Waals surface area contributed by atoms with E-state index in [9.17, 15) is 13.2 Å².